The van der Waals surface area contributed by atoms with Crippen molar-refractivity contribution in [3.05, 3.63) is 65.4 Å². The summed E-state index contributed by atoms with van der Waals surface area (Å²) in [6, 6.07) is 16.4. The number of H-pyrrole nitrogens is 1. The Bertz CT molecular complexity index is 752. The number of fused-ring (bicyclic) bond motifs is 1. The smallest absolute Gasteiger partial charge is 0.0568 e. The molecule has 0 atom stereocenters. The highest BCUT2D eigenvalue weighted by atomic mass is 15.3. The minimum Gasteiger partial charge on any atom is -0.358 e. The molecule has 1 heterocycles. The molecule has 100 valence electrons. The molecule has 0 fully saturated rings. The van der Waals surface area contributed by atoms with Gasteiger partial charge in [-0.3, -0.25) is 5.43 Å². The van der Waals surface area contributed by atoms with Crippen LogP contribution >= 0.6 is 0 Å². The van der Waals surface area contributed by atoms with Gasteiger partial charge in [-0.1, -0.05) is 35.9 Å². The predicted molar refractivity (Wildman–Crippen MR) is 85.4 cm³/mol. The van der Waals surface area contributed by atoms with Gasteiger partial charge in [-0.25, -0.2) is 0 Å². The minimum atomic E-state index is 0.990. The number of nitrogens with zero attached hydrogens (tertiary/aromatic N) is 1. The molecule has 0 aliphatic carbocycles. The third kappa shape index (κ3) is 2.43. The van der Waals surface area contributed by atoms with E-state index in [1.165, 1.54) is 10.9 Å². The van der Waals surface area contributed by atoms with E-state index in [1.54, 1.807) is 0 Å². The quantitative estimate of drug-likeness (QED) is 0.538. The maximum absolute atomic E-state index is 4.33. The van der Waals surface area contributed by atoms with Gasteiger partial charge in [0, 0.05) is 22.2 Å². The number of anilines is 1. The fourth-order valence-corrected chi connectivity index (χ4v) is 2.26. The van der Waals surface area contributed by atoms with E-state index in [2.05, 4.69) is 53.6 Å². The number of aryl methyl sites for hydroxylation is 2. The minimum absolute atomic E-state index is 0.990. The molecule has 3 rings (SSSR count). The van der Waals surface area contributed by atoms with Crippen molar-refractivity contribution in [2.45, 2.75) is 13.8 Å². The van der Waals surface area contributed by atoms with Crippen LogP contribution in [0, 0.1) is 13.8 Å². The Morgan fingerprint density at radius 2 is 1.75 bits per heavy atom. The lowest BCUT2D eigenvalue weighted by molar-refractivity contribution is 1.28. The van der Waals surface area contributed by atoms with Crippen molar-refractivity contribution in [2.24, 2.45) is 5.10 Å². The van der Waals surface area contributed by atoms with Gasteiger partial charge in [0.15, 0.2) is 0 Å². The Hall–Kier alpha value is -2.55. The number of benzene rings is 2. The fraction of sp³-hybridized carbons (Fsp3) is 0.118. The number of rotatable bonds is 3. The fourth-order valence-electron chi connectivity index (χ4n) is 2.26. The average molecular weight is 263 g/mol. The van der Waals surface area contributed by atoms with E-state index in [1.807, 2.05) is 30.5 Å². The van der Waals surface area contributed by atoms with Crippen molar-refractivity contribution >= 4 is 22.8 Å². The molecule has 20 heavy (non-hydrogen) atoms. The summed E-state index contributed by atoms with van der Waals surface area (Å²) in [7, 11) is 0. The number of aromatic amines is 1. The molecule has 0 aliphatic rings. The van der Waals surface area contributed by atoms with Gasteiger partial charge in [0.2, 0.25) is 0 Å². The summed E-state index contributed by atoms with van der Waals surface area (Å²) in [5.74, 6) is 0. The van der Waals surface area contributed by atoms with Crippen molar-refractivity contribution < 1.29 is 0 Å². The van der Waals surface area contributed by atoms with Crippen molar-refractivity contribution in [1.82, 2.24) is 4.98 Å². The molecule has 3 heteroatoms. The Morgan fingerprint density at radius 3 is 2.55 bits per heavy atom. The Balaban J connectivity index is 1.84. The summed E-state index contributed by atoms with van der Waals surface area (Å²) in [6.07, 6.45) is 1.87. The lowest BCUT2D eigenvalue weighted by Crippen LogP contribution is -1.91. The number of hydrogen-bond donors (Lipinski definition) is 2. The SMILES string of the molecule is Cc1ccc(N/N=C\c2c(C)[nH]c3ccccc23)cc1. The first kappa shape index (κ1) is 12.5. The van der Waals surface area contributed by atoms with Crippen LogP contribution in [0.3, 0.4) is 0 Å². The van der Waals surface area contributed by atoms with Crippen LogP contribution in [0.1, 0.15) is 16.8 Å². The molecule has 2 aromatic carbocycles. The van der Waals surface area contributed by atoms with E-state index in [4.69, 9.17) is 0 Å². The third-order valence-electron chi connectivity index (χ3n) is 3.38. The second-order valence-corrected chi connectivity index (χ2v) is 4.95. The van der Waals surface area contributed by atoms with Gasteiger partial charge < -0.3 is 4.98 Å². The zero-order valence-corrected chi connectivity index (χ0v) is 11.6. The maximum atomic E-state index is 4.33. The summed E-state index contributed by atoms with van der Waals surface area (Å²) in [6.45, 7) is 4.13. The number of nitrogens with one attached hydrogen (secondary N) is 2. The predicted octanol–water partition coefficient (Wildman–Crippen LogP) is 4.23. The van der Waals surface area contributed by atoms with Crippen LogP contribution in [0.2, 0.25) is 0 Å². The number of hydrazone groups is 1. The topological polar surface area (TPSA) is 40.2 Å². The van der Waals surface area contributed by atoms with Crippen molar-refractivity contribution in [1.29, 1.82) is 0 Å². The van der Waals surface area contributed by atoms with E-state index in [0.29, 0.717) is 0 Å². The van der Waals surface area contributed by atoms with E-state index in [-0.39, 0.29) is 0 Å². The van der Waals surface area contributed by atoms with E-state index in [0.717, 1.165) is 22.5 Å². The van der Waals surface area contributed by atoms with Gasteiger partial charge in [0.25, 0.3) is 0 Å². The lowest BCUT2D eigenvalue weighted by atomic mass is 10.1. The first-order valence-corrected chi connectivity index (χ1v) is 6.67. The standard InChI is InChI=1S/C17H17N3/c1-12-7-9-14(10-8-12)20-18-11-16-13(2)19-17-6-4-3-5-15(16)17/h3-11,19-20H,1-2H3/b18-11-. The molecule has 0 radical (unpaired) electrons. The Morgan fingerprint density at radius 1 is 1.00 bits per heavy atom. The van der Waals surface area contributed by atoms with Crippen LogP contribution in [-0.2, 0) is 0 Å². The zero-order valence-electron chi connectivity index (χ0n) is 11.6. The van der Waals surface area contributed by atoms with Crippen LogP contribution in [-0.4, -0.2) is 11.2 Å². The van der Waals surface area contributed by atoms with Gasteiger partial charge in [-0.05, 0) is 32.0 Å². The molecule has 3 aromatic rings. The molecular formula is C17H17N3. The Labute approximate surface area is 118 Å². The van der Waals surface area contributed by atoms with Gasteiger partial charge in [-0.15, -0.1) is 0 Å². The summed E-state index contributed by atoms with van der Waals surface area (Å²) in [5.41, 5.74) is 8.68. The normalized spacial score (nSPS) is 11.3. The molecule has 0 aliphatic heterocycles. The van der Waals surface area contributed by atoms with Crippen LogP contribution in [0.5, 0.6) is 0 Å². The second kappa shape index (κ2) is 5.21. The van der Waals surface area contributed by atoms with E-state index >= 15 is 0 Å². The van der Waals surface area contributed by atoms with Crippen molar-refractivity contribution in [3.8, 4) is 0 Å². The summed E-state index contributed by atoms with van der Waals surface area (Å²) in [5, 5.41) is 5.52. The van der Waals surface area contributed by atoms with Crippen molar-refractivity contribution in [2.75, 3.05) is 5.43 Å². The third-order valence-corrected chi connectivity index (χ3v) is 3.38. The van der Waals surface area contributed by atoms with E-state index in [9.17, 15) is 0 Å². The average Bonchev–Trinajstić information content (AvgIpc) is 2.77. The number of hydrogen-bond acceptors (Lipinski definition) is 2. The first-order valence-electron chi connectivity index (χ1n) is 6.67. The molecule has 0 bridgehead atoms. The monoisotopic (exact) mass is 263 g/mol. The molecule has 0 saturated carbocycles. The van der Waals surface area contributed by atoms with Crippen LogP contribution in [0.25, 0.3) is 10.9 Å². The first-order chi connectivity index (χ1) is 9.74. The Kier molecular flexibility index (Phi) is 3.25. The summed E-state index contributed by atoms with van der Waals surface area (Å²) >= 11 is 0. The largest absolute Gasteiger partial charge is 0.358 e. The van der Waals surface area contributed by atoms with Gasteiger partial charge in [-0.2, -0.15) is 5.10 Å². The molecule has 0 spiro atoms. The number of aromatic nitrogens is 1. The number of para-hydroxylation sites is 1. The molecule has 0 saturated heterocycles. The van der Waals surface area contributed by atoms with Gasteiger partial charge in [0.05, 0.1) is 11.9 Å². The molecule has 0 amide bonds. The van der Waals surface area contributed by atoms with Crippen LogP contribution in [0.4, 0.5) is 5.69 Å². The maximum Gasteiger partial charge on any atom is 0.0568 e. The second-order valence-electron chi connectivity index (χ2n) is 4.95. The molecule has 1 aromatic heterocycles. The summed E-state index contributed by atoms with van der Waals surface area (Å²) < 4.78 is 0. The molecule has 3 nitrogen and oxygen atoms in total. The highest BCUT2D eigenvalue weighted by Crippen LogP contribution is 2.20. The van der Waals surface area contributed by atoms with E-state index < -0.39 is 0 Å². The van der Waals surface area contributed by atoms with Gasteiger partial charge in [0.1, 0.15) is 0 Å². The molecular weight excluding hydrogens is 246 g/mol. The highest BCUT2D eigenvalue weighted by molar-refractivity contribution is 6.00. The molecule has 2 N–H and O–H groups in total. The van der Waals surface area contributed by atoms with Crippen LogP contribution < -0.4 is 5.43 Å². The summed E-state index contributed by atoms with van der Waals surface area (Å²) in [4.78, 5) is 3.36. The molecule has 0 unspecified atom stereocenters. The highest BCUT2D eigenvalue weighted by Gasteiger charge is 2.04. The lowest BCUT2D eigenvalue weighted by Gasteiger charge is -2.00. The van der Waals surface area contributed by atoms with Crippen molar-refractivity contribution in [3.63, 3.8) is 0 Å². The van der Waals surface area contributed by atoms with Crippen LogP contribution in [0.15, 0.2) is 53.6 Å². The van der Waals surface area contributed by atoms with Gasteiger partial charge >= 0.3 is 0 Å². The zero-order chi connectivity index (χ0) is 13.9.